The van der Waals surface area contributed by atoms with Crippen LogP contribution < -0.4 is 5.43 Å². The van der Waals surface area contributed by atoms with Crippen molar-refractivity contribution in [2.24, 2.45) is 5.10 Å². The summed E-state index contributed by atoms with van der Waals surface area (Å²) >= 11 is 0. The molecule has 6 heteroatoms. The quantitative estimate of drug-likeness (QED) is 0.523. The van der Waals surface area contributed by atoms with Crippen LogP contribution in [-0.2, 0) is 11.2 Å². The summed E-state index contributed by atoms with van der Waals surface area (Å²) in [6.45, 7) is 1.81. The Bertz CT molecular complexity index is 694. The smallest absolute Gasteiger partial charge is 0.269 e. The summed E-state index contributed by atoms with van der Waals surface area (Å²) in [5, 5.41) is 14.6. The number of nitrogens with one attached hydrogen (secondary N) is 1. The Morgan fingerprint density at radius 3 is 2.36 bits per heavy atom. The van der Waals surface area contributed by atoms with Gasteiger partial charge in [0.2, 0.25) is 5.91 Å². The molecule has 0 heterocycles. The van der Waals surface area contributed by atoms with Gasteiger partial charge in [-0.2, -0.15) is 5.10 Å². The van der Waals surface area contributed by atoms with Crippen LogP contribution in [0, 0.1) is 10.1 Å². The Labute approximate surface area is 127 Å². The first-order valence-electron chi connectivity index (χ1n) is 6.68. The minimum atomic E-state index is -0.475. The second-order valence-electron chi connectivity index (χ2n) is 4.70. The number of benzene rings is 2. The van der Waals surface area contributed by atoms with E-state index in [9.17, 15) is 14.9 Å². The molecule has 0 unspecified atom stereocenters. The van der Waals surface area contributed by atoms with Crippen molar-refractivity contribution in [3.05, 3.63) is 75.8 Å². The van der Waals surface area contributed by atoms with Gasteiger partial charge in [0.15, 0.2) is 0 Å². The van der Waals surface area contributed by atoms with Crippen molar-refractivity contribution in [1.82, 2.24) is 5.43 Å². The van der Waals surface area contributed by atoms with Crippen molar-refractivity contribution in [2.45, 2.75) is 13.3 Å². The number of nitro groups is 1. The lowest BCUT2D eigenvalue weighted by molar-refractivity contribution is -0.384. The molecule has 2 aromatic carbocycles. The maximum atomic E-state index is 11.8. The van der Waals surface area contributed by atoms with Gasteiger partial charge in [0.25, 0.3) is 5.69 Å². The van der Waals surface area contributed by atoms with Crippen LogP contribution in [0.4, 0.5) is 5.69 Å². The van der Waals surface area contributed by atoms with Crippen molar-refractivity contribution in [3.8, 4) is 0 Å². The predicted octanol–water partition coefficient (Wildman–Crippen LogP) is 2.68. The molecule has 0 saturated carbocycles. The lowest BCUT2D eigenvalue weighted by Crippen LogP contribution is -2.21. The van der Waals surface area contributed by atoms with Gasteiger partial charge in [0.1, 0.15) is 0 Å². The Morgan fingerprint density at radius 1 is 1.14 bits per heavy atom. The first-order valence-corrected chi connectivity index (χ1v) is 6.68. The van der Waals surface area contributed by atoms with Crippen molar-refractivity contribution in [3.63, 3.8) is 0 Å². The number of nitro benzene ring substituents is 1. The Balaban J connectivity index is 1.94. The van der Waals surface area contributed by atoms with Crippen LogP contribution in [0.25, 0.3) is 0 Å². The van der Waals surface area contributed by atoms with Crippen molar-refractivity contribution < 1.29 is 9.72 Å². The lowest BCUT2D eigenvalue weighted by atomic mass is 10.1. The minimum absolute atomic E-state index is 0.00195. The molecule has 22 heavy (non-hydrogen) atoms. The first-order chi connectivity index (χ1) is 10.6. The van der Waals surface area contributed by atoms with Gasteiger partial charge >= 0.3 is 0 Å². The maximum absolute atomic E-state index is 11.8. The Morgan fingerprint density at radius 2 is 1.77 bits per heavy atom. The zero-order valence-electron chi connectivity index (χ0n) is 12.0. The molecule has 0 aliphatic carbocycles. The molecule has 0 aliphatic rings. The third kappa shape index (κ3) is 4.24. The molecule has 0 atom stereocenters. The van der Waals surface area contributed by atoms with Crippen molar-refractivity contribution >= 4 is 17.3 Å². The number of hydrazone groups is 1. The molecule has 0 fully saturated rings. The molecular weight excluding hydrogens is 282 g/mol. The zero-order valence-corrected chi connectivity index (χ0v) is 12.0. The van der Waals surface area contributed by atoms with E-state index in [1.165, 1.54) is 12.1 Å². The molecule has 0 aliphatic heterocycles. The highest BCUT2D eigenvalue weighted by Crippen LogP contribution is 2.12. The van der Waals surface area contributed by atoms with Gasteiger partial charge in [0.05, 0.1) is 17.1 Å². The van der Waals surface area contributed by atoms with Gasteiger partial charge < -0.3 is 0 Å². The van der Waals surface area contributed by atoms with E-state index in [4.69, 9.17) is 0 Å². The zero-order chi connectivity index (χ0) is 15.9. The van der Waals surface area contributed by atoms with E-state index in [0.29, 0.717) is 11.3 Å². The first kappa shape index (κ1) is 15.4. The van der Waals surface area contributed by atoms with Crippen molar-refractivity contribution in [1.29, 1.82) is 0 Å². The lowest BCUT2D eigenvalue weighted by Gasteiger charge is -2.03. The molecule has 2 rings (SSSR count). The van der Waals surface area contributed by atoms with E-state index < -0.39 is 4.92 Å². The average molecular weight is 297 g/mol. The van der Waals surface area contributed by atoms with Crippen LogP contribution in [-0.4, -0.2) is 16.5 Å². The summed E-state index contributed by atoms with van der Waals surface area (Å²) in [4.78, 5) is 21.9. The number of non-ortho nitro benzene ring substituents is 1. The summed E-state index contributed by atoms with van der Waals surface area (Å²) in [5.74, 6) is -0.274. The maximum Gasteiger partial charge on any atom is 0.269 e. The summed E-state index contributed by atoms with van der Waals surface area (Å²) < 4.78 is 0. The normalized spacial score (nSPS) is 11.0. The Kier molecular flexibility index (Phi) is 4.98. The number of amides is 1. The molecule has 0 bridgehead atoms. The molecular formula is C16H15N3O3. The molecule has 6 nitrogen and oxygen atoms in total. The minimum Gasteiger partial charge on any atom is -0.273 e. The van der Waals surface area contributed by atoms with E-state index in [2.05, 4.69) is 10.5 Å². The van der Waals surface area contributed by atoms with Gasteiger partial charge in [-0.3, -0.25) is 14.9 Å². The van der Waals surface area contributed by atoms with Crippen LogP contribution in [0.15, 0.2) is 59.7 Å². The summed E-state index contributed by atoms with van der Waals surface area (Å²) in [5.41, 5.74) is 4.81. The van der Waals surface area contributed by atoms with Crippen molar-refractivity contribution in [2.75, 3.05) is 0 Å². The van der Waals surface area contributed by atoms with Crippen LogP contribution in [0.5, 0.6) is 0 Å². The van der Waals surface area contributed by atoms with E-state index in [1.54, 1.807) is 12.1 Å². The van der Waals surface area contributed by atoms with Gasteiger partial charge in [-0.05, 0) is 18.1 Å². The summed E-state index contributed by atoms with van der Waals surface area (Å²) in [7, 11) is 0. The molecule has 2 aromatic rings. The fourth-order valence-corrected chi connectivity index (χ4v) is 1.85. The van der Waals surface area contributed by atoms with E-state index in [0.717, 1.165) is 5.56 Å². The van der Waals surface area contributed by atoms with Gasteiger partial charge in [-0.15, -0.1) is 0 Å². The third-order valence-corrected chi connectivity index (χ3v) is 3.05. The summed E-state index contributed by atoms with van der Waals surface area (Å²) in [6, 6.07) is 15.4. The fraction of sp³-hybridized carbons (Fsp3) is 0.125. The highest BCUT2D eigenvalue weighted by molar-refractivity contribution is 5.99. The predicted molar refractivity (Wildman–Crippen MR) is 83.6 cm³/mol. The molecule has 0 spiro atoms. The van der Waals surface area contributed by atoms with E-state index >= 15 is 0 Å². The van der Waals surface area contributed by atoms with Crippen LogP contribution in [0.1, 0.15) is 18.1 Å². The molecule has 1 amide bonds. The number of hydrogen-bond acceptors (Lipinski definition) is 4. The number of carbonyl (C=O) groups excluding carboxylic acids is 1. The molecule has 1 N–H and O–H groups in total. The SMILES string of the molecule is C/C(=N\NC(=O)Cc1ccc([N+](=O)[O-])cc1)c1ccccc1. The molecule has 112 valence electrons. The van der Waals surface area contributed by atoms with E-state index in [1.807, 2.05) is 37.3 Å². The topological polar surface area (TPSA) is 84.6 Å². The van der Waals surface area contributed by atoms with Crippen LogP contribution >= 0.6 is 0 Å². The van der Waals surface area contributed by atoms with Gasteiger partial charge in [0, 0.05) is 12.1 Å². The number of nitrogens with zero attached hydrogens (tertiary/aromatic N) is 2. The van der Waals surface area contributed by atoms with Gasteiger partial charge in [-0.25, -0.2) is 5.43 Å². The number of carbonyl (C=O) groups is 1. The third-order valence-electron chi connectivity index (χ3n) is 3.05. The highest BCUT2D eigenvalue weighted by atomic mass is 16.6. The Hall–Kier alpha value is -3.02. The second-order valence-corrected chi connectivity index (χ2v) is 4.70. The standard InChI is InChI=1S/C16H15N3O3/c1-12(14-5-3-2-4-6-14)17-18-16(20)11-13-7-9-15(10-8-13)19(21)22/h2-10H,11H2,1H3,(H,18,20)/b17-12+. The fourth-order valence-electron chi connectivity index (χ4n) is 1.85. The molecule has 0 saturated heterocycles. The highest BCUT2D eigenvalue weighted by Gasteiger charge is 2.07. The second kappa shape index (κ2) is 7.12. The molecule has 0 aromatic heterocycles. The monoisotopic (exact) mass is 297 g/mol. The van der Waals surface area contributed by atoms with E-state index in [-0.39, 0.29) is 18.0 Å². The largest absolute Gasteiger partial charge is 0.273 e. The summed E-state index contributed by atoms with van der Waals surface area (Å²) in [6.07, 6.45) is 0.115. The van der Waals surface area contributed by atoms with Gasteiger partial charge in [-0.1, -0.05) is 42.5 Å². The molecule has 0 radical (unpaired) electrons. The number of rotatable bonds is 5. The van der Waals surface area contributed by atoms with Crippen LogP contribution in [0.2, 0.25) is 0 Å². The average Bonchev–Trinajstić information content (AvgIpc) is 2.54. The number of hydrogen-bond donors (Lipinski definition) is 1. The van der Waals surface area contributed by atoms with Crippen LogP contribution in [0.3, 0.4) is 0 Å².